The Hall–Kier alpha value is -2.04. The highest BCUT2D eigenvalue weighted by atomic mass is 16.4. The summed E-state index contributed by atoms with van der Waals surface area (Å²) in [6.45, 7) is 1.30. The highest BCUT2D eigenvalue weighted by Crippen LogP contribution is 2.26. The van der Waals surface area contributed by atoms with Crippen molar-refractivity contribution in [1.82, 2.24) is 9.80 Å². The van der Waals surface area contributed by atoms with E-state index in [1.807, 2.05) is 7.05 Å². The van der Waals surface area contributed by atoms with Crippen LogP contribution in [0.25, 0.3) is 0 Å². The molecule has 1 N–H and O–H groups in total. The van der Waals surface area contributed by atoms with Crippen molar-refractivity contribution in [3.05, 3.63) is 35.4 Å². The third kappa shape index (κ3) is 3.97. The summed E-state index contributed by atoms with van der Waals surface area (Å²) in [5, 5.41) is 8.86. The smallest absolute Gasteiger partial charge is 0.335 e. The maximum atomic E-state index is 12.3. The lowest BCUT2D eigenvalue weighted by Crippen LogP contribution is -2.41. The first kappa shape index (κ1) is 15.4. The van der Waals surface area contributed by atoms with Gasteiger partial charge in [0.1, 0.15) is 0 Å². The molecule has 0 heterocycles. The number of carboxylic acids is 1. The van der Waals surface area contributed by atoms with Crippen molar-refractivity contribution in [2.45, 2.75) is 25.8 Å². The molecule has 5 nitrogen and oxygen atoms in total. The fourth-order valence-electron chi connectivity index (χ4n) is 2.53. The van der Waals surface area contributed by atoms with Crippen molar-refractivity contribution in [3.8, 4) is 0 Å². The van der Waals surface area contributed by atoms with Gasteiger partial charge in [-0.25, -0.2) is 9.59 Å². The van der Waals surface area contributed by atoms with Crippen LogP contribution < -0.4 is 0 Å². The summed E-state index contributed by atoms with van der Waals surface area (Å²) in [6.07, 6.45) is 3.72. The Labute approximate surface area is 125 Å². The number of hydrogen-bond donors (Lipinski definition) is 1. The minimum atomic E-state index is -0.939. The second-order valence-corrected chi connectivity index (χ2v) is 5.82. The van der Waals surface area contributed by atoms with E-state index in [1.165, 1.54) is 19.3 Å². The molecule has 0 aromatic heterocycles. The van der Waals surface area contributed by atoms with Crippen LogP contribution in [0, 0.1) is 5.92 Å². The zero-order valence-electron chi connectivity index (χ0n) is 12.6. The molecule has 2 amide bonds. The molecule has 0 saturated heterocycles. The van der Waals surface area contributed by atoms with Crippen LogP contribution in [-0.4, -0.2) is 47.5 Å². The zero-order valence-corrected chi connectivity index (χ0v) is 12.6. The van der Waals surface area contributed by atoms with Gasteiger partial charge < -0.3 is 14.9 Å². The van der Waals surface area contributed by atoms with E-state index in [9.17, 15) is 9.59 Å². The Morgan fingerprint density at radius 3 is 2.24 bits per heavy atom. The van der Waals surface area contributed by atoms with E-state index in [4.69, 9.17) is 5.11 Å². The molecule has 2 rings (SSSR count). The first-order chi connectivity index (χ1) is 9.97. The summed E-state index contributed by atoms with van der Waals surface area (Å²) in [5.74, 6) is -0.284. The van der Waals surface area contributed by atoms with Crippen LogP contribution in [0.1, 0.15) is 35.2 Å². The van der Waals surface area contributed by atoms with Crippen molar-refractivity contribution in [1.29, 1.82) is 0 Å². The van der Waals surface area contributed by atoms with Gasteiger partial charge in [-0.2, -0.15) is 0 Å². The van der Waals surface area contributed by atoms with Gasteiger partial charge in [0, 0.05) is 27.2 Å². The van der Waals surface area contributed by atoms with Crippen molar-refractivity contribution in [3.63, 3.8) is 0 Å². The molecule has 114 valence electrons. The van der Waals surface area contributed by atoms with Crippen LogP contribution in [0.3, 0.4) is 0 Å². The van der Waals surface area contributed by atoms with Gasteiger partial charge in [0.05, 0.1) is 5.56 Å². The maximum Gasteiger partial charge on any atom is 0.335 e. The molecule has 0 unspecified atom stereocenters. The first-order valence-corrected chi connectivity index (χ1v) is 7.26. The molecule has 5 heteroatoms. The molecule has 0 aliphatic heterocycles. The molecular weight excluding hydrogens is 268 g/mol. The normalized spacial score (nSPS) is 14.4. The average Bonchev–Trinajstić information content (AvgIpc) is 2.42. The lowest BCUT2D eigenvalue weighted by Gasteiger charge is -2.32. The van der Waals surface area contributed by atoms with Gasteiger partial charge in [0.25, 0.3) is 0 Å². The summed E-state index contributed by atoms with van der Waals surface area (Å²) in [5.41, 5.74) is 1.18. The minimum Gasteiger partial charge on any atom is -0.478 e. The second kappa shape index (κ2) is 6.61. The molecular formula is C16H22N2O3. The molecule has 1 saturated carbocycles. The molecule has 0 radical (unpaired) electrons. The molecule has 21 heavy (non-hydrogen) atoms. The van der Waals surface area contributed by atoms with Crippen molar-refractivity contribution >= 4 is 12.0 Å². The summed E-state index contributed by atoms with van der Waals surface area (Å²) >= 11 is 0. The number of nitrogens with zero attached hydrogens (tertiary/aromatic N) is 2. The number of aromatic carboxylic acids is 1. The van der Waals surface area contributed by atoms with E-state index >= 15 is 0 Å². The first-order valence-electron chi connectivity index (χ1n) is 7.26. The number of carboxylic acid groups (broad SMARTS) is 1. The molecule has 0 spiro atoms. The highest BCUT2D eigenvalue weighted by Gasteiger charge is 2.23. The summed E-state index contributed by atoms with van der Waals surface area (Å²) in [7, 11) is 3.61. The highest BCUT2D eigenvalue weighted by molar-refractivity contribution is 5.87. The Balaban J connectivity index is 1.88. The minimum absolute atomic E-state index is 0.00390. The maximum absolute atomic E-state index is 12.3. The third-order valence-corrected chi connectivity index (χ3v) is 4.03. The van der Waals surface area contributed by atoms with Crippen LogP contribution >= 0.6 is 0 Å². The topological polar surface area (TPSA) is 60.9 Å². The Kier molecular flexibility index (Phi) is 4.83. The zero-order chi connectivity index (χ0) is 15.4. The quantitative estimate of drug-likeness (QED) is 0.907. The summed E-state index contributed by atoms with van der Waals surface area (Å²) in [6, 6.07) is 6.63. The van der Waals surface area contributed by atoms with Crippen LogP contribution in [0.2, 0.25) is 0 Å². The van der Waals surface area contributed by atoms with Gasteiger partial charge in [-0.1, -0.05) is 18.6 Å². The van der Waals surface area contributed by atoms with E-state index in [0.29, 0.717) is 12.5 Å². The van der Waals surface area contributed by atoms with Crippen LogP contribution in [-0.2, 0) is 6.54 Å². The number of carbonyl (C=O) groups excluding carboxylic acids is 1. The van der Waals surface area contributed by atoms with Gasteiger partial charge >= 0.3 is 12.0 Å². The molecule has 0 atom stereocenters. The average molecular weight is 290 g/mol. The monoisotopic (exact) mass is 290 g/mol. The fraction of sp³-hybridized carbons (Fsp3) is 0.500. The van der Waals surface area contributed by atoms with Gasteiger partial charge in [0.2, 0.25) is 0 Å². The van der Waals surface area contributed by atoms with E-state index in [-0.39, 0.29) is 11.6 Å². The van der Waals surface area contributed by atoms with Gasteiger partial charge in [0.15, 0.2) is 0 Å². The Bertz CT molecular complexity index is 509. The van der Waals surface area contributed by atoms with E-state index in [2.05, 4.69) is 0 Å². The van der Waals surface area contributed by atoms with Crippen LogP contribution in [0.4, 0.5) is 4.79 Å². The van der Waals surface area contributed by atoms with Gasteiger partial charge in [-0.3, -0.25) is 0 Å². The van der Waals surface area contributed by atoms with Crippen LogP contribution in [0.15, 0.2) is 24.3 Å². The Morgan fingerprint density at radius 1 is 1.14 bits per heavy atom. The van der Waals surface area contributed by atoms with Crippen molar-refractivity contribution < 1.29 is 14.7 Å². The van der Waals surface area contributed by atoms with Gasteiger partial charge in [-0.15, -0.1) is 0 Å². The predicted molar refractivity (Wildman–Crippen MR) is 80.2 cm³/mol. The van der Waals surface area contributed by atoms with E-state index in [1.54, 1.807) is 41.1 Å². The lowest BCUT2D eigenvalue weighted by atomic mass is 9.85. The largest absolute Gasteiger partial charge is 0.478 e. The number of carbonyl (C=O) groups is 2. The van der Waals surface area contributed by atoms with E-state index < -0.39 is 5.97 Å². The SMILES string of the molecule is CN(Cc1ccc(C(=O)O)cc1)C(=O)N(C)CC1CCC1. The molecule has 1 aliphatic rings. The number of benzene rings is 1. The standard InChI is InChI=1S/C16H22N2O3/c1-17(10-12-4-3-5-12)16(21)18(2)11-13-6-8-14(9-7-13)15(19)20/h6-9,12H,3-5,10-11H2,1-2H3,(H,19,20). The van der Waals surface area contributed by atoms with Crippen LogP contribution in [0.5, 0.6) is 0 Å². The van der Waals surface area contributed by atoms with Crippen molar-refractivity contribution in [2.24, 2.45) is 5.92 Å². The van der Waals surface area contributed by atoms with Crippen molar-refractivity contribution in [2.75, 3.05) is 20.6 Å². The van der Waals surface area contributed by atoms with Gasteiger partial charge in [-0.05, 0) is 36.5 Å². The number of rotatable bonds is 5. The fourth-order valence-corrected chi connectivity index (χ4v) is 2.53. The number of hydrogen-bond acceptors (Lipinski definition) is 2. The number of amides is 2. The summed E-state index contributed by atoms with van der Waals surface area (Å²) in [4.78, 5) is 26.5. The molecule has 1 aromatic carbocycles. The van der Waals surface area contributed by atoms with E-state index in [0.717, 1.165) is 12.1 Å². The second-order valence-electron chi connectivity index (χ2n) is 5.82. The molecule has 1 fully saturated rings. The lowest BCUT2D eigenvalue weighted by molar-refractivity contribution is 0.0697. The molecule has 1 aromatic rings. The Morgan fingerprint density at radius 2 is 1.76 bits per heavy atom. The number of urea groups is 1. The predicted octanol–water partition coefficient (Wildman–Crippen LogP) is 2.67. The third-order valence-electron chi connectivity index (χ3n) is 4.03. The molecule has 0 bridgehead atoms. The summed E-state index contributed by atoms with van der Waals surface area (Å²) < 4.78 is 0. The molecule has 1 aliphatic carbocycles.